The molecule has 4 rings (SSSR count). The van der Waals surface area contributed by atoms with E-state index in [1.54, 1.807) is 16.8 Å². The van der Waals surface area contributed by atoms with E-state index in [1.165, 1.54) is 12.1 Å². The molecular weight excluding hydrogens is 329 g/mol. The fourth-order valence-corrected chi connectivity index (χ4v) is 2.89. The van der Waals surface area contributed by atoms with Crippen molar-refractivity contribution in [1.29, 1.82) is 0 Å². The Morgan fingerprint density at radius 1 is 0.962 bits per heavy atom. The van der Waals surface area contributed by atoms with Crippen molar-refractivity contribution in [2.24, 2.45) is 0 Å². The van der Waals surface area contributed by atoms with Gasteiger partial charge in [0.2, 0.25) is 0 Å². The van der Waals surface area contributed by atoms with E-state index in [4.69, 9.17) is 9.97 Å². The monoisotopic (exact) mass is 347 g/mol. The minimum atomic E-state index is -0.248. The second-order valence-corrected chi connectivity index (χ2v) is 6.20. The van der Waals surface area contributed by atoms with E-state index in [1.807, 2.05) is 44.2 Å². The number of nitrogens with one attached hydrogen (secondary N) is 1. The Morgan fingerprint density at radius 3 is 2.31 bits per heavy atom. The smallest absolute Gasteiger partial charge is 0.197 e. The van der Waals surface area contributed by atoms with Crippen molar-refractivity contribution in [3.63, 3.8) is 0 Å². The van der Waals surface area contributed by atoms with Gasteiger partial charge >= 0.3 is 0 Å². The normalized spacial score (nSPS) is 11.0. The maximum Gasteiger partial charge on any atom is 0.197 e. The molecule has 0 saturated carbocycles. The first-order chi connectivity index (χ1) is 12.6. The zero-order valence-corrected chi connectivity index (χ0v) is 14.6. The molecule has 2 heterocycles. The molecule has 2 aromatic carbocycles. The minimum absolute atomic E-state index is 0.248. The maximum absolute atomic E-state index is 13.1. The number of anilines is 1. The van der Waals surface area contributed by atoms with Crippen LogP contribution in [0.25, 0.3) is 16.9 Å². The Kier molecular flexibility index (Phi) is 4.08. The lowest BCUT2D eigenvalue weighted by Gasteiger charge is -2.13. The number of rotatable bonds is 4. The molecule has 0 saturated heterocycles. The number of benzene rings is 2. The van der Waals surface area contributed by atoms with E-state index >= 15 is 0 Å². The number of hydrogen-bond donors (Lipinski definition) is 1. The van der Waals surface area contributed by atoms with Gasteiger partial charge in [0.15, 0.2) is 11.6 Å². The first-order valence-corrected chi connectivity index (χ1v) is 8.39. The van der Waals surface area contributed by atoms with E-state index < -0.39 is 0 Å². The van der Waals surface area contributed by atoms with E-state index in [2.05, 4.69) is 10.4 Å². The summed E-state index contributed by atoms with van der Waals surface area (Å²) in [5, 5.41) is 7.86. The fourth-order valence-electron chi connectivity index (χ4n) is 2.89. The summed E-state index contributed by atoms with van der Waals surface area (Å²) in [4.78, 5) is 9.49. The first kappa shape index (κ1) is 16.2. The maximum atomic E-state index is 13.1. The second-order valence-electron chi connectivity index (χ2n) is 6.20. The van der Waals surface area contributed by atoms with Gasteiger partial charge in [0.25, 0.3) is 0 Å². The van der Waals surface area contributed by atoms with Gasteiger partial charge in [-0.15, -0.1) is 0 Å². The van der Waals surface area contributed by atoms with E-state index in [0.717, 1.165) is 28.0 Å². The van der Waals surface area contributed by atoms with Crippen LogP contribution in [0.15, 0.2) is 54.6 Å². The summed E-state index contributed by atoms with van der Waals surface area (Å²) in [6.07, 6.45) is 0. The van der Waals surface area contributed by atoms with Gasteiger partial charge in [-0.1, -0.05) is 24.3 Å². The van der Waals surface area contributed by atoms with Crippen LogP contribution in [0.4, 0.5) is 10.2 Å². The lowest BCUT2D eigenvalue weighted by molar-refractivity contribution is 0.627. The molecule has 130 valence electrons. The largest absolute Gasteiger partial charge is 0.363 e. The molecule has 6 heteroatoms. The second kappa shape index (κ2) is 6.55. The number of hydrogen-bond acceptors (Lipinski definition) is 4. The molecular formula is C20H18FN5. The minimum Gasteiger partial charge on any atom is -0.363 e. The van der Waals surface area contributed by atoms with Gasteiger partial charge in [-0.25, -0.2) is 19.0 Å². The van der Waals surface area contributed by atoms with Crippen LogP contribution in [0, 0.1) is 19.7 Å². The Balaban J connectivity index is 1.77. The molecule has 0 atom stereocenters. The van der Waals surface area contributed by atoms with Crippen LogP contribution in [0.5, 0.6) is 0 Å². The number of nitrogens with zero attached hydrogens (tertiary/aromatic N) is 4. The van der Waals surface area contributed by atoms with Crippen molar-refractivity contribution in [2.45, 2.75) is 20.4 Å². The third kappa shape index (κ3) is 3.13. The van der Waals surface area contributed by atoms with Crippen LogP contribution in [-0.4, -0.2) is 19.7 Å². The molecule has 2 aromatic heterocycles. The molecule has 0 aliphatic heterocycles. The zero-order valence-electron chi connectivity index (χ0n) is 14.6. The van der Waals surface area contributed by atoms with Crippen LogP contribution >= 0.6 is 0 Å². The van der Waals surface area contributed by atoms with Crippen LogP contribution in [-0.2, 0) is 6.54 Å². The van der Waals surface area contributed by atoms with E-state index in [9.17, 15) is 4.39 Å². The van der Waals surface area contributed by atoms with Crippen molar-refractivity contribution in [1.82, 2.24) is 19.7 Å². The highest BCUT2D eigenvalue weighted by Crippen LogP contribution is 2.22. The highest BCUT2D eigenvalue weighted by atomic mass is 19.1. The van der Waals surface area contributed by atoms with Crippen molar-refractivity contribution < 1.29 is 4.39 Å². The zero-order chi connectivity index (χ0) is 18.1. The Morgan fingerprint density at radius 2 is 1.65 bits per heavy atom. The highest BCUT2D eigenvalue weighted by molar-refractivity contribution is 5.78. The van der Waals surface area contributed by atoms with Crippen LogP contribution in [0.3, 0.4) is 0 Å². The van der Waals surface area contributed by atoms with Crippen LogP contribution in [0.2, 0.25) is 0 Å². The summed E-state index contributed by atoms with van der Waals surface area (Å²) in [5.74, 6) is 1.04. The Bertz CT molecular complexity index is 1070. The van der Waals surface area contributed by atoms with Crippen LogP contribution in [0.1, 0.15) is 17.0 Å². The predicted octanol–water partition coefficient (Wildman–Crippen LogP) is 4.18. The lowest BCUT2D eigenvalue weighted by Crippen LogP contribution is -2.11. The van der Waals surface area contributed by atoms with Crippen molar-refractivity contribution in [2.75, 3.05) is 5.32 Å². The standard InChI is InChI=1S/C20H18FN5/c1-13-11-14(2)26(25-13)20-19(22-12-15-7-9-16(21)10-8-15)23-17-5-3-4-6-18(17)24-20/h3-11H,12H2,1-2H3,(H,22,23). The third-order valence-electron chi connectivity index (χ3n) is 4.14. The molecule has 0 amide bonds. The molecule has 0 unspecified atom stereocenters. The average molecular weight is 347 g/mol. The summed E-state index contributed by atoms with van der Waals surface area (Å²) in [6, 6.07) is 16.1. The molecule has 0 aliphatic carbocycles. The van der Waals surface area contributed by atoms with Gasteiger partial charge in [-0.3, -0.25) is 0 Å². The highest BCUT2D eigenvalue weighted by Gasteiger charge is 2.14. The predicted molar refractivity (Wildman–Crippen MR) is 99.9 cm³/mol. The molecule has 0 fully saturated rings. The van der Waals surface area contributed by atoms with Crippen molar-refractivity contribution in [3.05, 3.63) is 77.4 Å². The first-order valence-electron chi connectivity index (χ1n) is 8.39. The summed E-state index contributed by atoms with van der Waals surface area (Å²) >= 11 is 0. The van der Waals surface area contributed by atoms with Gasteiger partial charge in [0.05, 0.1) is 16.7 Å². The summed E-state index contributed by atoms with van der Waals surface area (Å²) in [6.45, 7) is 4.45. The van der Waals surface area contributed by atoms with E-state index in [0.29, 0.717) is 18.2 Å². The molecule has 26 heavy (non-hydrogen) atoms. The van der Waals surface area contributed by atoms with Gasteiger partial charge in [-0.2, -0.15) is 5.10 Å². The van der Waals surface area contributed by atoms with Gasteiger partial charge in [-0.05, 0) is 49.7 Å². The van der Waals surface area contributed by atoms with Gasteiger partial charge in [0, 0.05) is 12.2 Å². The molecule has 0 bridgehead atoms. The number of fused-ring (bicyclic) bond motifs is 1. The Hall–Kier alpha value is -3.28. The summed E-state index contributed by atoms with van der Waals surface area (Å²) in [5.41, 5.74) is 4.47. The lowest BCUT2D eigenvalue weighted by atomic mass is 10.2. The summed E-state index contributed by atoms with van der Waals surface area (Å²) in [7, 11) is 0. The summed E-state index contributed by atoms with van der Waals surface area (Å²) < 4.78 is 14.9. The van der Waals surface area contributed by atoms with Crippen molar-refractivity contribution in [3.8, 4) is 5.82 Å². The number of para-hydroxylation sites is 2. The quantitative estimate of drug-likeness (QED) is 0.602. The number of aromatic nitrogens is 4. The average Bonchev–Trinajstić information content (AvgIpc) is 2.98. The number of halogens is 1. The Labute approximate surface area is 150 Å². The molecule has 5 nitrogen and oxygen atoms in total. The van der Waals surface area contributed by atoms with Gasteiger partial charge in [0.1, 0.15) is 5.82 Å². The van der Waals surface area contributed by atoms with Crippen LogP contribution < -0.4 is 5.32 Å². The molecule has 0 spiro atoms. The van der Waals surface area contributed by atoms with Crippen molar-refractivity contribution >= 4 is 16.9 Å². The molecule has 0 aliphatic rings. The topological polar surface area (TPSA) is 55.6 Å². The number of aryl methyl sites for hydroxylation is 2. The van der Waals surface area contributed by atoms with Gasteiger partial charge < -0.3 is 5.32 Å². The third-order valence-corrected chi connectivity index (χ3v) is 4.14. The SMILES string of the molecule is Cc1cc(C)n(-c2nc3ccccc3nc2NCc2ccc(F)cc2)n1. The van der Waals surface area contributed by atoms with E-state index in [-0.39, 0.29) is 5.82 Å². The molecule has 4 aromatic rings. The fraction of sp³-hybridized carbons (Fsp3) is 0.150. The molecule has 1 N–H and O–H groups in total. The molecule has 0 radical (unpaired) electrons.